The molecule has 1 aliphatic heterocycles. The van der Waals surface area contributed by atoms with Crippen LogP contribution >= 0.6 is 35.0 Å². The summed E-state index contributed by atoms with van der Waals surface area (Å²) in [6.07, 6.45) is 1.82. The second kappa shape index (κ2) is 8.67. The summed E-state index contributed by atoms with van der Waals surface area (Å²) in [7, 11) is 0. The van der Waals surface area contributed by atoms with Crippen molar-refractivity contribution in [3.8, 4) is 5.69 Å². The van der Waals surface area contributed by atoms with Gasteiger partial charge in [0.1, 0.15) is 5.03 Å². The molecular weight excluding hydrogens is 427 g/mol. The fourth-order valence-electron chi connectivity index (χ4n) is 3.00. The van der Waals surface area contributed by atoms with E-state index in [9.17, 15) is 0 Å². The third-order valence-corrected chi connectivity index (χ3v) is 5.93. The first kappa shape index (κ1) is 20.1. The van der Waals surface area contributed by atoms with E-state index in [1.54, 1.807) is 17.8 Å². The highest BCUT2D eigenvalue weighted by atomic mass is 35.5. The Bertz CT molecular complexity index is 1010. The molecule has 2 heterocycles. The largest absolute Gasteiger partial charge is 0.268 e. The summed E-state index contributed by atoms with van der Waals surface area (Å²) in [5.41, 5.74) is 8.87. The van der Waals surface area contributed by atoms with Gasteiger partial charge in [-0.05, 0) is 37.6 Å². The van der Waals surface area contributed by atoms with Gasteiger partial charge in [0.05, 0.1) is 17.4 Å². The van der Waals surface area contributed by atoms with Crippen LogP contribution in [0.1, 0.15) is 25.0 Å². The molecule has 6 nitrogen and oxygen atoms in total. The van der Waals surface area contributed by atoms with E-state index in [1.165, 1.54) is 5.56 Å². The fourth-order valence-corrected chi connectivity index (χ4v) is 4.59. The van der Waals surface area contributed by atoms with Crippen LogP contribution in [0, 0.1) is 0 Å². The molecule has 1 aliphatic rings. The molecule has 29 heavy (non-hydrogen) atoms. The third-order valence-electron chi connectivity index (χ3n) is 4.35. The highest BCUT2D eigenvalue weighted by Crippen LogP contribution is 2.32. The van der Waals surface area contributed by atoms with E-state index in [-0.39, 0.29) is 6.04 Å². The standard InChI is InChI=1S/C20H20Cl2N6S/c1-13(2)27-19(24-25-26-27)18-11-23-28(17-9-15(21)8-16(22)10-17)20(18)29-12-14-6-4-3-5-7-14/h3-11,13,25-26H,12H2,1-2H3. The number of hydrogen-bond donors (Lipinski definition) is 2. The highest BCUT2D eigenvalue weighted by Gasteiger charge is 2.27. The number of hydrazine groups is 2. The van der Waals surface area contributed by atoms with Crippen molar-refractivity contribution in [3.63, 3.8) is 0 Å². The maximum absolute atomic E-state index is 6.24. The SMILES string of the molecule is CC(C)N1NNN=C1c1cnn(-c2cc(Cl)cc(Cl)c2)c1SCc1ccccc1. The molecule has 2 N–H and O–H groups in total. The van der Waals surface area contributed by atoms with E-state index in [2.05, 4.69) is 47.2 Å². The Kier molecular flexibility index (Phi) is 6.01. The molecule has 0 unspecified atom stereocenters. The first-order chi connectivity index (χ1) is 14.0. The number of thioether (sulfide) groups is 1. The minimum atomic E-state index is 0.208. The maximum Gasteiger partial charge on any atom is 0.177 e. The second-order valence-corrected chi connectivity index (χ2v) is 8.64. The third kappa shape index (κ3) is 4.38. The lowest BCUT2D eigenvalue weighted by Crippen LogP contribution is -2.45. The summed E-state index contributed by atoms with van der Waals surface area (Å²) in [6.45, 7) is 4.18. The molecule has 0 aliphatic carbocycles. The number of nitrogens with one attached hydrogen (secondary N) is 2. The molecule has 0 radical (unpaired) electrons. The van der Waals surface area contributed by atoms with Crippen LogP contribution in [-0.4, -0.2) is 26.7 Å². The van der Waals surface area contributed by atoms with Crippen molar-refractivity contribution in [1.82, 2.24) is 25.9 Å². The van der Waals surface area contributed by atoms with E-state index >= 15 is 0 Å². The van der Waals surface area contributed by atoms with E-state index in [4.69, 9.17) is 23.2 Å². The Balaban J connectivity index is 1.76. The number of amidine groups is 1. The maximum atomic E-state index is 6.24. The fraction of sp³-hybridized carbons (Fsp3) is 0.200. The molecule has 0 saturated heterocycles. The normalized spacial score (nSPS) is 13.7. The lowest BCUT2D eigenvalue weighted by atomic mass is 10.2. The number of halogens is 2. The molecule has 0 fully saturated rings. The lowest BCUT2D eigenvalue weighted by molar-refractivity contribution is 0.246. The molecule has 150 valence electrons. The van der Waals surface area contributed by atoms with Gasteiger partial charge < -0.3 is 0 Å². The topological polar surface area (TPSA) is 57.5 Å². The van der Waals surface area contributed by atoms with Crippen molar-refractivity contribution in [2.24, 2.45) is 5.10 Å². The number of hydrogen-bond acceptors (Lipinski definition) is 6. The molecular formula is C20H20Cl2N6S. The van der Waals surface area contributed by atoms with Crippen molar-refractivity contribution in [2.45, 2.75) is 30.7 Å². The van der Waals surface area contributed by atoms with E-state index < -0.39 is 0 Å². The van der Waals surface area contributed by atoms with Crippen molar-refractivity contribution in [2.75, 3.05) is 0 Å². The number of hydrazone groups is 1. The van der Waals surface area contributed by atoms with Gasteiger partial charge in [-0.2, -0.15) is 5.10 Å². The van der Waals surface area contributed by atoms with Crippen molar-refractivity contribution < 1.29 is 0 Å². The molecule has 0 spiro atoms. The molecule has 2 aromatic carbocycles. The van der Waals surface area contributed by atoms with Gasteiger partial charge in [-0.15, -0.1) is 22.4 Å². The molecule has 0 amide bonds. The van der Waals surface area contributed by atoms with E-state index in [1.807, 2.05) is 46.2 Å². The summed E-state index contributed by atoms with van der Waals surface area (Å²) in [4.78, 5) is 0. The second-order valence-electron chi connectivity index (χ2n) is 6.80. The van der Waals surface area contributed by atoms with Crippen LogP contribution < -0.4 is 11.1 Å². The molecule has 0 saturated carbocycles. The quantitative estimate of drug-likeness (QED) is 0.529. The zero-order valence-corrected chi connectivity index (χ0v) is 18.3. The zero-order valence-electron chi connectivity index (χ0n) is 15.9. The Morgan fingerprint density at radius 1 is 1.07 bits per heavy atom. The van der Waals surface area contributed by atoms with Gasteiger partial charge in [-0.25, -0.2) is 10.2 Å². The number of nitrogens with zero attached hydrogens (tertiary/aromatic N) is 4. The van der Waals surface area contributed by atoms with Gasteiger partial charge in [0.15, 0.2) is 5.84 Å². The van der Waals surface area contributed by atoms with E-state index in [0.29, 0.717) is 10.0 Å². The molecule has 0 atom stereocenters. The molecule has 3 aromatic rings. The van der Waals surface area contributed by atoms with Gasteiger partial charge in [0, 0.05) is 21.8 Å². The molecule has 9 heteroatoms. The van der Waals surface area contributed by atoms with Crippen LogP contribution in [0.15, 0.2) is 64.9 Å². The summed E-state index contributed by atoms with van der Waals surface area (Å²) in [5.74, 6) is 1.58. The average Bonchev–Trinajstić information content (AvgIpc) is 3.33. The van der Waals surface area contributed by atoms with Crippen LogP contribution in [0.4, 0.5) is 0 Å². The minimum Gasteiger partial charge on any atom is -0.268 e. The van der Waals surface area contributed by atoms with Crippen molar-refractivity contribution in [1.29, 1.82) is 0 Å². The van der Waals surface area contributed by atoms with Gasteiger partial charge in [0.25, 0.3) is 0 Å². The van der Waals surface area contributed by atoms with Crippen LogP contribution in [0.25, 0.3) is 5.69 Å². The van der Waals surface area contributed by atoms with Gasteiger partial charge in [-0.1, -0.05) is 53.5 Å². The minimum absolute atomic E-state index is 0.208. The first-order valence-corrected chi connectivity index (χ1v) is 10.9. The smallest absolute Gasteiger partial charge is 0.177 e. The van der Waals surface area contributed by atoms with Gasteiger partial charge in [-0.3, -0.25) is 5.01 Å². The van der Waals surface area contributed by atoms with E-state index in [0.717, 1.165) is 27.9 Å². The Labute approximate surface area is 183 Å². The summed E-state index contributed by atoms with van der Waals surface area (Å²) in [5, 5.41) is 13.1. The van der Waals surface area contributed by atoms with Crippen LogP contribution in [0.5, 0.6) is 0 Å². The number of aromatic nitrogens is 2. The van der Waals surface area contributed by atoms with Gasteiger partial charge >= 0.3 is 0 Å². The number of benzene rings is 2. The average molecular weight is 447 g/mol. The van der Waals surface area contributed by atoms with Crippen molar-refractivity contribution in [3.05, 3.63) is 75.9 Å². The summed E-state index contributed by atoms with van der Waals surface area (Å²) >= 11 is 14.2. The monoisotopic (exact) mass is 446 g/mol. The zero-order chi connectivity index (χ0) is 20.4. The van der Waals surface area contributed by atoms with Crippen LogP contribution in [0.2, 0.25) is 10.0 Å². The first-order valence-electron chi connectivity index (χ1n) is 9.12. The van der Waals surface area contributed by atoms with Gasteiger partial charge in [0.2, 0.25) is 0 Å². The summed E-state index contributed by atoms with van der Waals surface area (Å²) < 4.78 is 1.86. The lowest BCUT2D eigenvalue weighted by Gasteiger charge is -2.23. The Hall–Kier alpha value is -2.19. The highest BCUT2D eigenvalue weighted by molar-refractivity contribution is 7.98. The number of rotatable bonds is 6. The van der Waals surface area contributed by atoms with Crippen LogP contribution in [0.3, 0.4) is 0 Å². The molecule has 0 bridgehead atoms. The Morgan fingerprint density at radius 2 is 1.79 bits per heavy atom. The summed E-state index contributed by atoms with van der Waals surface area (Å²) in [6, 6.07) is 15.9. The molecule has 4 rings (SSSR count). The Morgan fingerprint density at radius 3 is 2.48 bits per heavy atom. The predicted octanol–water partition coefficient (Wildman–Crippen LogP) is 4.87. The predicted molar refractivity (Wildman–Crippen MR) is 119 cm³/mol. The molecule has 1 aromatic heterocycles. The van der Waals surface area contributed by atoms with Crippen molar-refractivity contribution >= 4 is 40.8 Å². The van der Waals surface area contributed by atoms with Crippen LogP contribution in [-0.2, 0) is 5.75 Å².